The fraction of sp³-hybridized carbons (Fsp3) is 1.00. The van der Waals surface area contributed by atoms with Crippen LogP contribution in [0.4, 0.5) is 8.22 Å². The maximum atomic E-state index is 11.1. The van der Waals surface area contributed by atoms with Gasteiger partial charge in [-0.2, -0.15) is 0 Å². The van der Waals surface area contributed by atoms with E-state index in [1.54, 1.807) is 0 Å². The van der Waals surface area contributed by atoms with E-state index in [4.69, 9.17) is 0 Å². The molecule has 0 radical (unpaired) electrons. The standard InChI is InChI=1S/CH3BrF2Si/c1-5(2,3)4/h1H3. The average molecular weight is 161 g/mol. The zero-order chi connectivity index (χ0) is 4.50. The SMILES string of the molecule is C[Si](F)(F)Br. The van der Waals surface area contributed by atoms with Crippen LogP contribution in [0.25, 0.3) is 0 Å². The highest BCUT2D eigenvalue weighted by Gasteiger charge is 2.20. The molecule has 0 spiro atoms. The average Bonchev–Trinajstić information content (AvgIpc) is 0.722. The lowest BCUT2D eigenvalue weighted by molar-refractivity contribution is 0.663. The highest BCUT2D eigenvalue weighted by molar-refractivity contribution is 9.25. The van der Waals surface area contributed by atoms with E-state index in [1.165, 1.54) is 0 Å². The van der Waals surface area contributed by atoms with E-state index in [0.29, 0.717) is 0 Å². The Bertz CT molecular complexity index is 25.1. The molecule has 0 aromatic heterocycles. The van der Waals surface area contributed by atoms with Crippen LogP contribution < -0.4 is 0 Å². The van der Waals surface area contributed by atoms with Crippen LogP contribution in [0.15, 0.2) is 0 Å². The van der Waals surface area contributed by atoms with Crippen molar-refractivity contribution in [3.63, 3.8) is 0 Å². The summed E-state index contributed by atoms with van der Waals surface area (Å²) in [6.45, 7) is 0.910. The van der Waals surface area contributed by atoms with Crippen molar-refractivity contribution in [3.05, 3.63) is 0 Å². The summed E-state index contributed by atoms with van der Waals surface area (Å²) < 4.78 is 22.2. The predicted molar refractivity (Wildman–Crippen MR) is 22.8 cm³/mol. The van der Waals surface area contributed by atoms with Gasteiger partial charge in [0.25, 0.3) is 0 Å². The van der Waals surface area contributed by atoms with Crippen molar-refractivity contribution in [1.82, 2.24) is 0 Å². The van der Waals surface area contributed by atoms with Crippen LogP contribution in [0.2, 0.25) is 6.55 Å². The highest BCUT2D eigenvalue weighted by Crippen LogP contribution is 2.12. The van der Waals surface area contributed by atoms with Crippen molar-refractivity contribution >= 4 is 22.7 Å². The second-order valence-electron chi connectivity index (χ2n) is 0.781. The van der Waals surface area contributed by atoms with Crippen molar-refractivity contribution in [2.45, 2.75) is 6.55 Å². The fourth-order valence-corrected chi connectivity index (χ4v) is 0. The van der Waals surface area contributed by atoms with Crippen molar-refractivity contribution in [2.24, 2.45) is 0 Å². The third kappa shape index (κ3) is 96.1. The summed E-state index contributed by atoms with van der Waals surface area (Å²) in [5, 5.41) is 0. The van der Waals surface area contributed by atoms with Gasteiger partial charge in [-0.15, -0.1) is 0 Å². The van der Waals surface area contributed by atoms with E-state index in [2.05, 4.69) is 15.3 Å². The molecule has 0 atom stereocenters. The Morgan fingerprint density at radius 1 is 1.60 bits per heavy atom. The molecule has 0 fully saturated rings. The van der Waals surface area contributed by atoms with Crippen LogP contribution >= 0.6 is 15.3 Å². The Morgan fingerprint density at radius 3 is 1.60 bits per heavy atom. The minimum Gasteiger partial charge on any atom is -0.258 e. The van der Waals surface area contributed by atoms with Gasteiger partial charge in [-0.1, -0.05) is 0 Å². The number of rotatable bonds is 0. The van der Waals surface area contributed by atoms with Gasteiger partial charge in [0.05, 0.1) is 0 Å². The lowest BCUT2D eigenvalue weighted by Gasteiger charge is -1.85. The Kier molecular flexibility index (Phi) is 1.49. The molecule has 0 amide bonds. The lowest BCUT2D eigenvalue weighted by atomic mass is 11.9. The predicted octanol–water partition coefficient (Wildman–Crippen LogP) is 1.89. The van der Waals surface area contributed by atoms with Crippen LogP contribution in [-0.2, 0) is 0 Å². The zero-order valence-electron chi connectivity index (χ0n) is 2.63. The van der Waals surface area contributed by atoms with Crippen molar-refractivity contribution in [2.75, 3.05) is 0 Å². The summed E-state index contributed by atoms with van der Waals surface area (Å²) in [6.07, 6.45) is 0. The van der Waals surface area contributed by atoms with Gasteiger partial charge in [-0.25, -0.2) is 0 Å². The molecular formula is CH3BrF2Si. The molecule has 0 N–H and O–H groups in total. The molecule has 0 heterocycles. The van der Waals surface area contributed by atoms with Crippen LogP contribution in [0.1, 0.15) is 0 Å². The molecule has 32 valence electrons. The van der Waals surface area contributed by atoms with Crippen LogP contribution in [0.5, 0.6) is 0 Å². The Labute approximate surface area is 38.1 Å². The minimum absolute atomic E-state index is 0.910. The second-order valence-corrected chi connectivity index (χ2v) is 6.52. The number of hydrogen-bond acceptors (Lipinski definition) is 0. The molecular weight excluding hydrogens is 158 g/mol. The van der Waals surface area contributed by atoms with Crippen molar-refractivity contribution in [1.29, 1.82) is 0 Å². The summed E-state index contributed by atoms with van der Waals surface area (Å²) in [5.41, 5.74) is 0. The van der Waals surface area contributed by atoms with E-state index in [9.17, 15) is 8.22 Å². The van der Waals surface area contributed by atoms with E-state index in [1.807, 2.05) is 0 Å². The zero-order valence-corrected chi connectivity index (χ0v) is 5.22. The minimum atomic E-state index is -3.80. The van der Waals surface area contributed by atoms with E-state index >= 15 is 0 Å². The molecule has 4 heteroatoms. The summed E-state index contributed by atoms with van der Waals surface area (Å²) >= 11 is 2.18. The highest BCUT2D eigenvalue weighted by atomic mass is 79.9. The third-order valence-corrected chi connectivity index (χ3v) is 0. The summed E-state index contributed by atoms with van der Waals surface area (Å²) in [7, 11) is -3.80. The fourth-order valence-electron chi connectivity index (χ4n) is 0. The van der Waals surface area contributed by atoms with E-state index in [-0.39, 0.29) is 0 Å². The largest absolute Gasteiger partial charge is 0.490 e. The molecule has 0 nitrogen and oxygen atoms in total. The van der Waals surface area contributed by atoms with Gasteiger partial charge < -0.3 is 0 Å². The quantitative estimate of drug-likeness (QED) is 0.376. The number of halogens is 3. The van der Waals surface area contributed by atoms with Gasteiger partial charge in [0.1, 0.15) is 0 Å². The van der Waals surface area contributed by atoms with Crippen LogP contribution in [0.3, 0.4) is 0 Å². The third-order valence-electron chi connectivity index (χ3n) is 0. The molecule has 0 bridgehead atoms. The van der Waals surface area contributed by atoms with E-state index < -0.39 is 7.36 Å². The lowest BCUT2D eigenvalue weighted by Crippen LogP contribution is -2.00. The van der Waals surface area contributed by atoms with Gasteiger partial charge in [-0.05, 0) is 21.8 Å². The van der Waals surface area contributed by atoms with Crippen molar-refractivity contribution in [3.8, 4) is 0 Å². The smallest absolute Gasteiger partial charge is 0.258 e. The molecule has 0 aromatic rings. The summed E-state index contributed by atoms with van der Waals surface area (Å²) in [4.78, 5) is 0. The number of hydrogen-bond donors (Lipinski definition) is 0. The first-order valence-electron chi connectivity index (χ1n) is 1.07. The maximum absolute atomic E-state index is 11.1. The van der Waals surface area contributed by atoms with Gasteiger partial charge in [0.2, 0.25) is 0 Å². The second kappa shape index (κ2) is 1.34. The first kappa shape index (κ1) is 5.56. The van der Waals surface area contributed by atoms with E-state index in [0.717, 1.165) is 6.55 Å². The molecule has 0 aliphatic heterocycles. The molecule has 0 rings (SSSR count). The topological polar surface area (TPSA) is 0 Å². The molecule has 0 aliphatic carbocycles. The first-order valence-corrected chi connectivity index (χ1v) is 5.58. The maximum Gasteiger partial charge on any atom is 0.490 e. The molecule has 0 saturated carbocycles. The van der Waals surface area contributed by atoms with Gasteiger partial charge in [0, 0.05) is 0 Å². The first-order chi connectivity index (χ1) is 2.00. The molecule has 0 aromatic carbocycles. The summed E-state index contributed by atoms with van der Waals surface area (Å²) in [5.74, 6) is 0. The Balaban J connectivity index is 3.02. The Hall–Kier alpha value is 0.557. The summed E-state index contributed by atoms with van der Waals surface area (Å²) in [6, 6.07) is 0. The molecule has 0 aliphatic rings. The van der Waals surface area contributed by atoms with Crippen LogP contribution in [0, 0.1) is 0 Å². The molecule has 0 unspecified atom stereocenters. The Morgan fingerprint density at radius 2 is 1.60 bits per heavy atom. The monoisotopic (exact) mass is 160 g/mol. The van der Waals surface area contributed by atoms with Crippen LogP contribution in [-0.4, -0.2) is 7.36 Å². The normalized spacial score (nSPS) is 12.0. The van der Waals surface area contributed by atoms with Crippen molar-refractivity contribution < 1.29 is 8.22 Å². The molecule has 5 heavy (non-hydrogen) atoms. The van der Waals surface area contributed by atoms with Gasteiger partial charge in [0.15, 0.2) is 0 Å². The molecule has 0 saturated heterocycles. The van der Waals surface area contributed by atoms with Gasteiger partial charge in [-0.3, -0.25) is 8.22 Å². The van der Waals surface area contributed by atoms with Gasteiger partial charge >= 0.3 is 7.36 Å².